The van der Waals surface area contributed by atoms with Gasteiger partial charge in [0.05, 0.1) is 6.54 Å². The van der Waals surface area contributed by atoms with Crippen molar-refractivity contribution in [2.45, 2.75) is 4.90 Å². The minimum atomic E-state index is -0.0259. The molecule has 0 unspecified atom stereocenters. The van der Waals surface area contributed by atoms with Gasteiger partial charge in [-0.05, 0) is 24.3 Å². The number of nitrogens with zero attached hydrogens (tertiary/aromatic N) is 2. The number of para-hydroxylation sites is 1. The molecule has 0 aliphatic carbocycles. The average Bonchev–Trinajstić information content (AvgIpc) is 2.73. The third-order valence-corrected chi connectivity index (χ3v) is 5.49. The van der Waals surface area contributed by atoms with Crippen molar-refractivity contribution >= 4 is 29.4 Å². The summed E-state index contributed by atoms with van der Waals surface area (Å²) in [5.74, 6) is 0.817. The van der Waals surface area contributed by atoms with Crippen molar-refractivity contribution in [3.8, 4) is 0 Å². The normalized spacial score (nSPS) is 14.5. The molecule has 1 saturated heterocycles. The molecule has 1 aliphatic rings. The molecule has 28 heavy (non-hydrogen) atoms. The lowest BCUT2D eigenvalue weighted by molar-refractivity contribution is -0.117. The predicted molar refractivity (Wildman–Crippen MR) is 114 cm³/mol. The summed E-state index contributed by atoms with van der Waals surface area (Å²) >= 11 is 1.73. The first-order valence-electron chi connectivity index (χ1n) is 9.48. The highest BCUT2D eigenvalue weighted by Crippen LogP contribution is 2.15. The standard InChI is InChI=1S/C21H26N4O2S/c26-20(23-18-7-3-1-4-8-18)17-24-12-14-25(15-13-24)21(27)22-11-16-28-19-9-5-2-6-10-19/h1-10H,11-17H2,(H,22,27)(H,23,26). The van der Waals surface area contributed by atoms with Crippen LogP contribution in [0.3, 0.4) is 0 Å². The number of rotatable bonds is 7. The fraction of sp³-hybridized carbons (Fsp3) is 0.333. The Balaban J connectivity index is 1.31. The number of thioether (sulfide) groups is 1. The lowest BCUT2D eigenvalue weighted by atomic mass is 10.3. The van der Waals surface area contributed by atoms with Gasteiger partial charge >= 0.3 is 6.03 Å². The zero-order chi connectivity index (χ0) is 19.6. The van der Waals surface area contributed by atoms with E-state index in [9.17, 15) is 9.59 Å². The molecule has 148 valence electrons. The fourth-order valence-corrected chi connectivity index (χ4v) is 3.78. The molecular formula is C21H26N4O2S. The third-order valence-electron chi connectivity index (χ3n) is 4.47. The Morgan fingerprint density at radius 1 is 0.893 bits per heavy atom. The van der Waals surface area contributed by atoms with Gasteiger partial charge in [0.25, 0.3) is 0 Å². The summed E-state index contributed by atoms with van der Waals surface area (Å²) in [5.41, 5.74) is 0.805. The fourth-order valence-electron chi connectivity index (χ4n) is 2.99. The van der Waals surface area contributed by atoms with Crippen molar-refractivity contribution in [1.82, 2.24) is 15.1 Å². The Hall–Kier alpha value is -2.51. The molecule has 1 aliphatic heterocycles. The van der Waals surface area contributed by atoms with E-state index in [4.69, 9.17) is 0 Å². The first-order chi connectivity index (χ1) is 13.7. The highest BCUT2D eigenvalue weighted by atomic mass is 32.2. The van der Waals surface area contributed by atoms with Gasteiger partial charge in [-0.15, -0.1) is 11.8 Å². The molecule has 0 spiro atoms. The molecule has 6 nitrogen and oxygen atoms in total. The largest absolute Gasteiger partial charge is 0.337 e. The Morgan fingerprint density at radius 3 is 2.21 bits per heavy atom. The smallest absolute Gasteiger partial charge is 0.317 e. The zero-order valence-electron chi connectivity index (χ0n) is 15.8. The zero-order valence-corrected chi connectivity index (χ0v) is 16.7. The molecule has 0 aromatic heterocycles. The molecule has 0 radical (unpaired) electrons. The van der Waals surface area contributed by atoms with Gasteiger partial charge in [0.15, 0.2) is 0 Å². The average molecular weight is 399 g/mol. The summed E-state index contributed by atoms with van der Waals surface area (Å²) in [7, 11) is 0. The van der Waals surface area contributed by atoms with E-state index < -0.39 is 0 Å². The summed E-state index contributed by atoms with van der Waals surface area (Å²) in [6.07, 6.45) is 0. The van der Waals surface area contributed by atoms with Crippen LogP contribution in [0.4, 0.5) is 10.5 Å². The second kappa shape index (κ2) is 10.7. The topological polar surface area (TPSA) is 64.7 Å². The maximum atomic E-state index is 12.3. The summed E-state index contributed by atoms with van der Waals surface area (Å²) in [6, 6.07) is 19.6. The van der Waals surface area contributed by atoms with Crippen LogP contribution in [0.15, 0.2) is 65.6 Å². The molecule has 2 aromatic carbocycles. The number of carbonyl (C=O) groups excluding carboxylic acids is 2. The van der Waals surface area contributed by atoms with Crippen LogP contribution in [0.1, 0.15) is 0 Å². The molecule has 0 saturated carbocycles. The van der Waals surface area contributed by atoms with Crippen molar-refractivity contribution in [3.05, 3.63) is 60.7 Å². The van der Waals surface area contributed by atoms with E-state index in [1.54, 1.807) is 11.8 Å². The van der Waals surface area contributed by atoms with E-state index in [1.165, 1.54) is 4.90 Å². The molecule has 3 rings (SSSR count). The molecule has 1 fully saturated rings. The van der Waals surface area contributed by atoms with Crippen LogP contribution in [-0.4, -0.2) is 66.8 Å². The molecule has 0 atom stereocenters. The lowest BCUT2D eigenvalue weighted by Gasteiger charge is -2.34. The van der Waals surface area contributed by atoms with Crippen LogP contribution < -0.4 is 10.6 Å². The van der Waals surface area contributed by atoms with E-state index >= 15 is 0 Å². The summed E-state index contributed by atoms with van der Waals surface area (Å²) < 4.78 is 0. The maximum Gasteiger partial charge on any atom is 0.317 e. The van der Waals surface area contributed by atoms with Gasteiger partial charge in [-0.25, -0.2) is 4.79 Å². The number of anilines is 1. The van der Waals surface area contributed by atoms with Gasteiger partial charge in [-0.3, -0.25) is 9.69 Å². The van der Waals surface area contributed by atoms with E-state index in [0.717, 1.165) is 11.4 Å². The highest BCUT2D eigenvalue weighted by molar-refractivity contribution is 7.99. The van der Waals surface area contributed by atoms with Crippen molar-refractivity contribution < 1.29 is 9.59 Å². The first-order valence-corrected chi connectivity index (χ1v) is 10.5. The maximum absolute atomic E-state index is 12.3. The predicted octanol–water partition coefficient (Wildman–Crippen LogP) is 2.74. The van der Waals surface area contributed by atoms with Gasteiger partial charge in [0.1, 0.15) is 0 Å². The Bertz CT molecular complexity index is 750. The third kappa shape index (κ3) is 6.58. The number of amides is 3. The number of urea groups is 1. The number of nitrogens with one attached hydrogen (secondary N) is 2. The van der Waals surface area contributed by atoms with Crippen LogP contribution in [0.25, 0.3) is 0 Å². The van der Waals surface area contributed by atoms with Crippen LogP contribution in [-0.2, 0) is 4.79 Å². The highest BCUT2D eigenvalue weighted by Gasteiger charge is 2.22. The van der Waals surface area contributed by atoms with Gasteiger partial charge in [0.2, 0.25) is 5.91 Å². The number of hydrogen-bond acceptors (Lipinski definition) is 4. The number of carbonyl (C=O) groups is 2. The molecule has 2 N–H and O–H groups in total. The number of piperazine rings is 1. The Kier molecular flexibility index (Phi) is 7.75. The van der Waals surface area contributed by atoms with Gasteiger partial charge in [-0.1, -0.05) is 36.4 Å². The second-order valence-electron chi connectivity index (χ2n) is 6.57. The van der Waals surface area contributed by atoms with Crippen molar-refractivity contribution in [2.24, 2.45) is 0 Å². The minimum absolute atomic E-state index is 0.0259. The summed E-state index contributed by atoms with van der Waals surface area (Å²) in [4.78, 5) is 29.5. The van der Waals surface area contributed by atoms with Gasteiger partial charge in [-0.2, -0.15) is 0 Å². The SMILES string of the molecule is O=C(CN1CCN(C(=O)NCCSc2ccccc2)CC1)Nc1ccccc1. The first kappa shape index (κ1) is 20.2. The van der Waals surface area contributed by atoms with Gasteiger partial charge in [0, 0.05) is 49.1 Å². The van der Waals surface area contributed by atoms with Crippen LogP contribution >= 0.6 is 11.8 Å². The Labute approximate surface area is 170 Å². The van der Waals surface area contributed by atoms with Gasteiger partial charge < -0.3 is 15.5 Å². The molecule has 0 bridgehead atoms. The summed E-state index contributed by atoms with van der Waals surface area (Å²) in [5, 5.41) is 5.87. The lowest BCUT2D eigenvalue weighted by Crippen LogP contribution is -2.53. The van der Waals surface area contributed by atoms with Crippen LogP contribution in [0, 0.1) is 0 Å². The monoisotopic (exact) mass is 398 g/mol. The van der Waals surface area contributed by atoms with Crippen molar-refractivity contribution in [3.63, 3.8) is 0 Å². The van der Waals surface area contributed by atoms with E-state index in [0.29, 0.717) is 39.3 Å². The van der Waals surface area contributed by atoms with E-state index in [1.807, 2.05) is 53.4 Å². The molecule has 1 heterocycles. The number of benzene rings is 2. The van der Waals surface area contributed by atoms with E-state index in [2.05, 4.69) is 27.7 Å². The van der Waals surface area contributed by atoms with E-state index in [-0.39, 0.29) is 11.9 Å². The quantitative estimate of drug-likeness (QED) is 0.556. The molecule has 3 amide bonds. The van der Waals surface area contributed by atoms with Crippen LogP contribution in [0.2, 0.25) is 0 Å². The molecular weight excluding hydrogens is 372 g/mol. The number of hydrogen-bond donors (Lipinski definition) is 2. The minimum Gasteiger partial charge on any atom is -0.337 e. The Morgan fingerprint density at radius 2 is 1.54 bits per heavy atom. The van der Waals surface area contributed by atoms with Crippen molar-refractivity contribution in [2.75, 3.05) is 50.3 Å². The molecule has 7 heteroatoms. The molecule has 2 aromatic rings. The second-order valence-corrected chi connectivity index (χ2v) is 7.74. The summed E-state index contributed by atoms with van der Waals surface area (Å²) in [6.45, 7) is 3.66. The van der Waals surface area contributed by atoms with Crippen molar-refractivity contribution in [1.29, 1.82) is 0 Å². The van der Waals surface area contributed by atoms with Crippen LogP contribution in [0.5, 0.6) is 0 Å².